The molecule has 3 rings (SSSR count). The fraction of sp³-hybridized carbons (Fsp3) is 0.450. The van der Waals surface area contributed by atoms with Crippen molar-refractivity contribution in [2.24, 2.45) is 0 Å². The Hall–Kier alpha value is -2.84. The van der Waals surface area contributed by atoms with E-state index < -0.39 is 41.6 Å². The monoisotopic (exact) mass is 410 g/mol. The maximum absolute atomic E-state index is 13.1. The summed E-state index contributed by atoms with van der Waals surface area (Å²) in [4.78, 5) is 38.5. The van der Waals surface area contributed by atoms with E-state index in [1.807, 2.05) is 6.08 Å². The lowest BCUT2D eigenvalue weighted by Gasteiger charge is -2.33. The first kappa shape index (κ1) is 20.9. The number of hydrogen-bond donors (Lipinski definition) is 2. The number of carbonyl (C=O) groups excluding carboxylic acids is 2. The Kier molecular flexibility index (Phi) is 5.68. The van der Waals surface area contributed by atoms with Gasteiger partial charge in [0.25, 0.3) is 5.91 Å². The Labute approximate surface area is 165 Å². The van der Waals surface area contributed by atoms with E-state index in [4.69, 9.17) is 0 Å². The third-order valence-corrected chi connectivity index (χ3v) is 5.36. The van der Waals surface area contributed by atoms with Crippen LogP contribution in [0.2, 0.25) is 0 Å². The summed E-state index contributed by atoms with van der Waals surface area (Å²) in [5.74, 6) is -2.44. The van der Waals surface area contributed by atoms with Crippen molar-refractivity contribution in [2.75, 3.05) is 0 Å². The van der Waals surface area contributed by atoms with Crippen LogP contribution in [0.1, 0.15) is 48.5 Å². The molecule has 3 atom stereocenters. The topological polar surface area (TPSA) is 86.7 Å². The molecule has 1 fully saturated rings. The molecule has 0 aromatic heterocycles. The minimum absolute atomic E-state index is 0.166. The number of aliphatic carboxylic acids is 1. The number of benzene rings is 1. The second-order valence-electron chi connectivity index (χ2n) is 7.43. The van der Waals surface area contributed by atoms with Gasteiger partial charge in [-0.05, 0) is 50.8 Å². The number of fused-ring (bicyclic) bond motifs is 1. The molecule has 156 valence electrons. The van der Waals surface area contributed by atoms with Crippen LogP contribution in [0.25, 0.3) is 0 Å². The normalized spacial score (nSPS) is 25.0. The van der Waals surface area contributed by atoms with Gasteiger partial charge in [0.1, 0.15) is 12.1 Å². The molecule has 6 nitrogen and oxygen atoms in total. The van der Waals surface area contributed by atoms with E-state index in [1.165, 1.54) is 11.0 Å². The molecule has 0 saturated carbocycles. The maximum atomic E-state index is 13.1. The molecule has 29 heavy (non-hydrogen) atoms. The summed E-state index contributed by atoms with van der Waals surface area (Å²) in [6.45, 7) is 1.80. The lowest BCUT2D eigenvalue weighted by Crippen LogP contribution is -2.54. The van der Waals surface area contributed by atoms with Crippen molar-refractivity contribution < 1.29 is 32.7 Å². The van der Waals surface area contributed by atoms with E-state index in [1.54, 1.807) is 6.92 Å². The summed E-state index contributed by atoms with van der Waals surface area (Å²) >= 11 is 0. The first-order valence-corrected chi connectivity index (χ1v) is 9.26. The third-order valence-electron chi connectivity index (χ3n) is 5.36. The molecule has 0 spiro atoms. The SMILES string of the molecule is CC1=CCC2CCC(C(=O)O)N2C(=O)C(NC(=O)c2cccc(C(F)(F)F)c2)C1. The molecule has 2 N–H and O–H groups in total. The Bertz CT molecular complexity index is 866. The van der Waals surface area contributed by atoms with E-state index >= 15 is 0 Å². The van der Waals surface area contributed by atoms with Crippen LogP contribution in [-0.2, 0) is 15.8 Å². The van der Waals surface area contributed by atoms with Crippen molar-refractivity contribution >= 4 is 17.8 Å². The first-order chi connectivity index (χ1) is 13.6. The van der Waals surface area contributed by atoms with Crippen LogP contribution in [0, 0.1) is 0 Å². The van der Waals surface area contributed by atoms with Crippen LogP contribution in [0.3, 0.4) is 0 Å². The van der Waals surface area contributed by atoms with Gasteiger partial charge in [0.15, 0.2) is 0 Å². The fourth-order valence-electron chi connectivity index (χ4n) is 3.89. The molecule has 3 unspecified atom stereocenters. The van der Waals surface area contributed by atoms with E-state index in [9.17, 15) is 32.7 Å². The largest absolute Gasteiger partial charge is 0.480 e. The highest BCUT2D eigenvalue weighted by atomic mass is 19.4. The zero-order chi connectivity index (χ0) is 21.3. The lowest BCUT2D eigenvalue weighted by molar-refractivity contribution is -0.150. The van der Waals surface area contributed by atoms with Crippen LogP contribution in [0.5, 0.6) is 0 Å². The summed E-state index contributed by atoms with van der Waals surface area (Å²) in [5, 5.41) is 11.9. The van der Waals surface area contributed by atoms with Crippen molar-refractivity contribution in [3.63, 3.8) is 0 Å². The number of alkyl halides is 3. The number of nitrogens with zero attached hydrogens (tertiary/aromatic N) is 1. The Morgan fingerprint density at radius 3 is 2.62 bits per heavy atom. The average Bonchev–Trinajstić information content (AvgIpc) is 3.07. The average molecular weight is 410 g/mol. The number of hydrogen-bond acceptors (Lipinski definition) is 3. The number of rotatable bonds is 3. The molecule has 2 aliphatic rings. The summed E-state index contributed by atoms with van der Waals surface area (Å²) in [7, 11) is 0. The number of amides is 2. The number of carbonyl (C=O) groups is 3. The van der Waals surface area contributed by atoms with Gasteiger partial charge in [0, 0.05) is 11.6 Å². The Morgan fingerprint density at radius 1 is 1.24 bits per heavy atom. The zero-order valence-electron chi connectivity index (χ0n) is 15.7. The van der Waals surface area contributed by atoms with Gasteiger partial charge in [-0.1, -0.05) is 17.7 Å². The van der Waals surface area contributed by atoms with E-state index in [0.29, 0.717) is 19.3 Å². The Balaban J connectivity index is 1.85. The van der Waals surface area contributed by atoms with Crippen LogP contribution in [0.4, 0.5) is 13.2 Å². The van der Waals surface area contributed by atoms with Crippen molar-refractivity contribution in [1.29, 1.82) is 0 Å². The van der Waals surface area contributed by atoms with Crippen molar-refractivity contribution in [2.45, 2.75) is 56.9 Å². The molecular formula is C20H21F3N2O4. The standard InChI is InChI=1S/C20H21F3N2O4/c1-11-5-6-14-7-8-16(19(28)29)25(14)18(27)15(9-11)24-17(26)12-3-2-4-13(10-12)20(21,22)23/h2-5,10,14-16H,6-9H2,1H3,(H,24,26)(H,28,29). The van der Waals surface area contributed by atoms with Crippen LogP contribution in [0.15, 0.2) is 35.9 Å². The molecule has 2 heterocycles. The smallest absolute Gasteiger partial charge is 0.416 e. The Morgan fingerprint density at radius 2 is 1.97 bits per heavy atom. The summed E-state index contributed by atoms with van der Waals surface area (Å²) < 4.78 is 38.7. The molecule has 0 aliphatic carbocycles. The number of carboxylic acids is 1. The predicted molar refractivity (Wildman–Crippen MR) is 97.0 cm³/mol. The molecular weight excluding hydrogens is 389 g/mol. The summed E-state index contributed by atoms with van der Waals surface area (Å²) in [5.41, 5.74) is -0.328. The summed E-state index contributed by atoms with van der Waals surface area (Å²) in [6.07, 6.45) is -1.11. The molecule has 1 aromatic carbocycles. The fourth-order valence-corrected chi connectivity index (χ4v) is 3.89. The quantitative estimate of drug-likeness (QED) is 0.750. The van der Waals surface area contributed by atoms with E-state index in [-0.39, 0.29) is 18.0 Å². The number of halogens is 3. The van der Waals surface area contributed by atoms with Crippen LogP contribution in [-0.4, -0.2) is 45.9 Å². The molecule has 0 radical (unpaired) electrons. The highest BCUT2D eigenvalue weighted by molar-refractivity contribution is 5.98. The summed E-state index contributed by atoms with van der Waals surface area (Å²) in [6, 6.07) is 1.66. The first-order valence-electron chi connectivity index (χ1n) is 9.26. The van der Waals surface area contributed by atoms with Crippen LogP contribution < -0.4 is 5.32 Å². The maximum Gasteiger partial charge on any atom is 0.416 e. The lowest BCUT2D eigenvalue weighted by atomic mass is 9.98. The van der Waals surface area contributed by atoms with Crippen molar-refractivity contribution in [3.05, 3.63) is 47.0 Å². The molecule has 1 saturated heterocycles. The molecule has 0 bridgehead atoms. The minimum Gasteiger partial charge on any atom is -0.480 e. The van der Waals surface area contributed by atoms with Gasteiger partial charge < -0.3 is 15.3 Å². The van der Waals surface area contributed by atoms with Gasteiger partial charge >= 0.3 is 12.1 Å². The number of nitrogens with one attached hydrogen (secondary N) is 1. The van der Waals surface area contributed by atoms with Gasteiger partial charge in [-0.2, -0.15) is 13.2 Å². The van der Waals surface area contributed by atoms with Gasteiger partial charge in [0.05, 0.1) is 5.56 Å². The van der Waals surface area contributed by atoms with E-state index in [0.717, 1.165) is 23.8 Å². The third kappa shape index (κ3) is 4.44. The highest BCUT2D eigenvalue weighted by Crippen LogP contribution is 2.31. The number of carboxylic acid groups (broad SMARTS) is 1. The second-order valence-corrected chi connectivity index (χ2v) is 7.43. The molecule has 9 heteroatoms. The second kappa shape index (κ2) is 7.88. The molecule has 1 aromatic rings. The minimum atomic E-state index is -4.59. The van der Waals surface area contributed by atoms with Gasteiger partial charge in [-0.25, -0.2) is 4.79 Å². The van der Waals surface area contributed by atoms with Gasteiger partial charge in [-0.15, -0.1) is 0 Å². The van der Waals surface area contributed by atoms with Gasteiger partial charge in [-0.3, -0.25) is 9.59 Å². The van der Waals surface area contributed by atoms with Crippen molar-refractivity contribution in [3.8, 4) is 0 Å². The molecule has 2 aliphatic heterocycles. The van der Waals surface area contributed by atoms with Gasteiger partial charge in [0.2, 0.25) is 5.91 Å². The van der Waals surface area contributed by atoms with Crippen molar-refractivity contribution in [1.82, 2.24) is 10.2 Å². The van der Waals surface area contributed by atoms with E-state index in [2.05, 4.69) is 5.32 Å². The predicted octanol–water partition coefficient (Wildman–Crippen LogP) is 2.99. The highest BCUT2D eigenvalue weighted by Gasteiger charge is 2.43. The molecule has 2 amide bonds. The zero-order valence-corrected chi connectivity index (χ0v) is 15.7. The van der Waals surface area contributed by atoms with Crippen LogP contribution >= 0.6 is 0 Å².